The molecular formula is C25H30N4O6. The van der Waals surface area contributed by atoms with Crippen LogP contribution in [0.1, 0.15) is 36.5 Å². The number of nitrogens with one attached hydrogen (secondary N) is 1. The minimum Gasteiger partial charge on any atom is -0.489 e. The maximum absolute atomic E-state index is 13.0. The van der Waals surface area contributed by atoms with Crippen molar-refractivity contribution in [1.82, 2.24) is 4.90 Å². The lowest BCUT2D eigenvalue weighted by molar-refractivity contribution is -0.384. The molecule has 10 heteroatoms. The topological polar surface area (TPSA) is 114 Å². The second-order valence-electron chi connectivity index (χ2n) is 8.70. The van der Waals surface area contributed by atoms with Crippen LogP contribution in [-0.2, 0) is 9.53 Å². The van der Waals surface area contributed by atoms with Crippen LogP contribution in [0.15, 0.2) is 42.5 Å². The van der Waals surface area contributed by atoms with Gasteiger partial charge in [-0.25, -0.2) is 0 Å². The average molecular weight is 483 g/mol. The van der Waals surface area contributed by atoms with Crippen molar-refractivity contribution in [3.63, 3.8) is 0 Å². The van der Waals surface area contributed by atoms with E-state index >= 15 is 0 Å². The Kier molecular flexibility index (Phi) is 7.81. The van der Waals surface area contributed by atoms with Crippen LogP contribution in [0.5, 0.6) is 5.75 Å². The summed E-state index contributed by atoms with van der Waals surface area (Å²) in [7, 11) is 0. The smallest absolute Gasteiger partial charge is 0.293 e. The van der Waals surface area contributed by atoms with Crippen molar-refractivity contribution >= 4 is 28.9 Å². The minimum absolute atomic E-state index is 0.0123. The first-order valence-corrected chi connectivity index (χ1v) is 11.9. The number of carbonyl (C=O) groups excluding carboxylic acids is 2. The van der Waals surface area contributed by atoms with Gasteiger partial charge in [-0.2, -0.15) is 0 Å². The van der Waals surface area contributed by atoms with Gasteiger partial charge in [0.25, 0.3) is 11.6 Å². The number of nitro groups is 1. The molecule has 2 amide bonds. The van der Waals surface area contributed by atoms with Crippen molar-refractivity contribution in [3.05, 3.63) is 58.1 Å². The average Bonchev–Trinajstić information content (AvgIpc) is 2.88. The van der Waals surface area contributed by atoms with Crippen LogP contribution < -0.4 is 15.0 Å². The fraction of sp³-hybridized carbons (Fsp3) is 0.440. The Morgan fingerprint density at radius 1 is 1.14 bits per heavy atom. The van der Waals surface area contributed by atoms with Crippen molar-refractivity contribution < 1.29 is 24.0 Å². The molecule has 2 heterocycles. The fourth-order valence-electron chi connectivity index (χ4n) is 4.35. The molecule has 1 atom stereocenters. The maximum Gasteiger partial charge on any atom is 0.293 e. The summed E-state index contributed by atoms with van der Waals surface area (Å²) in [5.41, 5.74) is 0.951. The lowest BCUT2D eigenvalue weighted by Gasteiger charge is -2.35. The van der Waals surface area contributed by atoms with E-state index < -0.39 is 10.8 Å². The Labute approximate surface area is 203 Å². The van der Waals surface area contributed by atoms with E-state index in [1.54, 1.807) is 35.2 Å². The Bertz CT molecular complexity index is 1080. The van der Waals surface area contributed by atoms with Crippen LogP contribution in [-0.4, -0.2) is 67.1 Å². The molecule has 186 valence electrons. The molecule has 35 heavy (non-hydrogen) atoms. The Morgan fingerprint density at radius 2 is 1.91 bits per heavy atom. The number of rotatable bonds is 7. The molecule has 0 saturated carbocycles. The Morgan fingerprint density at radius 3 is 2.60 bits per heavy atom. The molecule has 0 bridgehead atoms. The van der Waals surface area contributed by atoms with E-state index in [-0.39, 0.29) is 23.3 Å². The molecule has 1 N–H and O–H groups in total. The Hall–Kier alpha value is -3.66. The first-order valence-electron chi connectivity index (χ1n) is 11.9. The predicted molar refractivity (Wildman–Crippen MR) is 131 cm³/mol. The van der Waals surface area contributed by atoms with E-state index in [1.165, 1.54) is 13.0 Å². The molecule has 2 aliphatic rings. The number of para-hydroxylation sites is 2. The van der Waals surface area contributed by atoms with E-state index in [2.05, 4.69) is 5.32 Å². The number of benzene rings is 2. The molecule has 2 aromatic rings. The number of carbonyl (C=O) groups is 2. The highest BCUT2D eigenvalue weighted by Crippen LogP contribution is 2.31. The van der Waals surface area contributed by atoms with Gasteiger partial charge < -0.3 is 24.6 Å². The van der Waals surface area contributed by atoms with E-state index in [0.29, 0.717) is 49.9 Å². The molecular weight excluding hydrogens is 452 g/mol. The quantitative estimate of drug-likeness (QED) is 0.475. The highest BCUT2D eigenvalue weighted by Gasteiger charge is 2.26. The molecule has 2 aromatic carbocycles. The molecule has 2 saturated heterocycles. The number of hydrogen-bond donors (Lipinski definition) is 1. The van der Waals surface area contributed by atoms with Crippen LogP contribution in [0.25, 0.3) is 0 Å². The number of anilines is 2. The fourth-order valence-corrected chi connectivity index (χ4v) is 4.35. The zero-order chi connectivity index (χ0) is 24.8. The molecule has 4 rings (SSSR count). The van der Waals surface area contributed by atoms with E-state index in [9.17, 15) is 19.7 Å². The van der Waals surface area contributed by atoms with Crippen LogP contribution in [0, 0.1) is 10.1 Å². The van der Waals surface area contributed by atoms with Crippen LogP contribution in [0.4, 0.5) is 17.1 Å². The number of amides is 2. The largest absolute Gasteiger partial charge is 0.489 e. The third-order valence-corrected chi connectivity index (χ3v) is 6.33. The van der Waals surface area contributed by atoms with Crippen LogP contribution >= 0.6 is 0 Å². The molecule has 0 radical (unpaired) electrons. The third kappa shape index (κ3) is 6.07. The highest BCUT2D eigenvalue weighted by molar-refractivity contribution is 6.05. The number of nitrogens with zero attached hydrogens (tertiary/aromatic N) is 3. The lowest BCUT2D eigenvalue weighted by atomic mass is 10.1. The van der Waals surface area contributed by atoms with E-state index in [4.69, 9.17) is 9.47 Å². The number of piperazine rings is 1. The second kappa shape index (κ2) is 11.2. The summed E-state index contributed by atoms with van der Waals surface area (Å²) in [6, 6.07) is 11.6. The van der Waals surface area contributed by atoms with Crippen molar-refractivity contribution in [1.29, 1.82) is 0 Å². The second-order valence-corrected chi connectivity index (χ2v) is 8.70. The predicted octanol–water partition coefficient (Wildman–Crippen LogP) is 3.46. The highest BCUT2D eigenvalue weighted by atomic mass is 16.6. The molecule has 0 spiro atoms. The van der Waals surface area contributed by atoms with Gasteiger partial charge in [0.15, 0.2) is 0 Å². The van der Waals surface area contributed by atoms with Gasteiger partial charge in [0.05, 0.1) is 16.7 Å². The van der Waals surface area contributed by atoms with Gasteiger partial charge in [-0.3, -0.25) is 19.7 Å². The van der Waals surface area contributed by atoms with Crippen LogP contribution in [0.3, 0.4) is 0 Å². The zero-order valence-corrected chi connectivity index (χ0v) is 19.8. The first-order chi connectivity index (χ1) is 16.9. The minimum atomic E-state index is -0.481. The summed E-state index contributed by atoms with van der Waals surface area (Å²) < 4.78 is 11.6. The number of nitro benzene ring substituents is 1. The van der Waals surface area contributed by atoms with Gasteiger partial charge in [0.2, 0.25) is 5.91 Å². The molecule has 2 aliphatic heterocycles. The Balaban J connectivity index is 1.46. The van der Waals surface area contributed by atoms with Gasteiger partial charge in [-0.15, -0.1) is 0 Å². The third-order valence-electron chi connectivity index (χ3n) is 6.33. The van der Waals surface area contributed by atoms with Crippen molar-refractivity contribution in [2.75, 3.05) is 49.6 Å². The van der Waals surface area contributed by atoms with Gasteiger partial charge in [-0.1, -0.05) is 12.1 Å². The summed E-state index contributed by atoms with van der Waals surface area (Å²) in [5, 5.41) is 14.6. The summed E-state index contributed by atoms with van der Waals surface area (Å²) in [4.78, 5) is 39.5. The normalized spacial score (nSPS) is 18.1. The van der Waals surface area contributed by atoms with E-state index in [0.717, 1.165) is 25.9 Å². The lowest BCUT2D eigenvalue weighted by Crippen LogP contribution is -2.48. The van der Waals surface area contributed by atoms with Gasteiger partial charge >= 0.3 is 0 Å². The first kappa shape index (κ1) is 24.5. The SMILES string of the molecule is CC(=O)N1CCN(c2ccc(C(=O)Nc3ccccc3OCC3CCCCO3)cc2[N+](=O)[O-])CC1. The molecule has 0 aromatic heterocycles. The van der Waals surface area contributed by atoms with Crippen molar-refractivity contribution in [3.8, 4) is 5.75 Å². The zero-order valence-electron chi connectivity index (χ0n) is 19.8. The molecule has 10 nitrogen and oxygen atoms in total. The van der Waals surface area contributed by atoms with Crippen molar-refractivity contribution in [2.45, 2.75) is 32.3 Å². The molecule has 1 unspecified atom stereocenters. The van der Waals surface area contributed by atoms with Gasteiger partial charge in [-0.05, 0) is 43.5 Å². The monoisotopic (exact) mass is 482 g/mol. The summed E-state index contributed by atoms with van der Waals surface area (Å²) >= 11 is 0. The molecule has 0 aliphatic carbocycles. The van der Waals surface area contributed by atoms with Gasteiger partial charge in [0, 0.05) is 51.3 Å². The summed E-state index contributed by atoms with van der Waals surface area (Å²) in [5.74, 6) is 0.0391. The van der Waals surface area contributed by atoms with E-state index in [1.807, 2.05) is 11.0 Å². The summed E-state index contributed by atoms with van der Waals surface area (Å²) in [6.07, 6.45) is 3.13. The number of ether oxygens (including phenoxy) is 2. The van der Waals surface area contributed by atoms with Crippen molar-refractivity contribution in [2.24, 2.45) is 0 Å². The number of hydrogen-bond acceptors (Lipinski definition) is 7. The van der Waals surface area contributed by atoms with Crippen LogP contribution in [0.2, 0.25) is 0 Å². The standard InChI is InChI=1S/C25H30N4O6/c1-18(30)27-11-13-28(14-12-27)22-10-9-19(16-23(22)29(32)33)25(31)26-21-7-2-3-8-24(21)35-17-20-6-4-5-15-34-20/h2-3,7-10,16,20H,4-6,11-15,17H2,1H3,(H,26,31). The summed E-state index contributed by atoms with van der Waals surface area (Å²) in [6.45, 7) is 4.60. The molecule has 2 fully saturated rings. The maximum atomic E-state index is 13.0. The van der Waals surface area contributed by atoms with Gasteiger partial charge in [0.1, 0.15) is 18.0 Å².